The first-order chi connectivity index (χ1) is 8.19. The summed E-state index contributed by atoms with van der Waals surface area (Å²) in [5.74, 6) is 0.0850. The van der Waals surface area contributed by atoms with Crippen LogP contribution in [0.5, 0.6) is 11.6 Å². The van der Waals surface area contributed by atoms with Crippen LogP contribution < -0.4 is 10.1 Å². The molecule has 0 unspecified atom stereocenters. The third kappa shape index (κ3) is 2.91. The van der Waals surface area contributed by atoms with Gasteiger partial charge in [-0.25, -0.2) is 4.98 Å². The number of hydrogen-bond donors (Lipinski definition) is 1. The Hall–Kier alpha value is -1.69. The van der Waals surface area contributed by atoms with Crippen LogP contribution in [0.2, 0.25) is 0 Å². The van der Waals surface area contributed by atoms with E-state index in [0.717, 1.165) is 10.7 Å². The molecule has 4 nitrogen and oxygen atoms in total. The molecule has 0 atom stereocenters. The van der Waals surface area contributed by atoms with Gasteiger partial charge in [0.05, 0.1) is 6.20 Å². The van der Waals surface area contributed by atoms with E-state index in [2.05, 4.69) is 31.2 Å². The molecule has 2 aromatic rings. The highest BCUT2D eigenvalue weighted by Gasteiger charge is 2.08. The summed E-state index contributed by atoms with van der Waals surface area (Å²) in [6, 6.07) is 7.08. The van der Waals surface area contributed by atoms with Gasteiger partial charge in [0.2, 0.25) is 11.8 Å². The van der Waals surface area contributed by atoms with E-state index in [1.807, 2.05) is 6.07 Å². The Kier molecular flexibility index (Phi) is 3.53. The summed E-state index contributed by atoms with van der Waals surface area (Å²) in [6.45, 7) is 0. The second-order valence-corrected chi connectivity index (χ2v) is 4.07. The molecule has 0 amide bonds. The van der Waals surface area contributed by atoms with Crippen molar-refractivity contribution in [2.45, 2.75) is 0 Å². The maximum Gasteiger partial charge on any atom is 0.260 e. The third-order valence-corrected chi connectivity index (χ3v) is 2.44. The van der Waals surface area contributed by atoms with Gasteiger partial charge in [0, 0.05) is 11.5 Å². The molecule has 17 heavy (non-hydrogen) atoms. The van der Waals surface area contributed by atoms with E-state index in [-0.39, 0.29) is 5.88 Å². The Morgan fingerprint density at radius 3 is 2.94 bits per heavy atom. The van der Waals surface area contributed by atoms with Crippen LogP contribution in [0.25, 0.3) is 0 Å². The molecule has 1 heterocycles. The zero-order valence-corrected chi connectivity index (χ0v) is 10.5. The smallest absolute Gasteiger partial charge is 0.260 e. The van der Waals surface area contributed by atoms with Gasteiger partial charge in [0.1, 0.15) is 5.75 Å². The normalized spacial score (nSPS) is 10.1. The van der Waals surface area contributed by atoms with Crippen molar-refractivity contribution in [3.63, 3.8) is 0 Å². The van der Waals surface area contributed by atoms with Gasteiger partial charge < -0.3 is 10.1 Å². The van der Waals surface area contributed by atoms with Gasteiger partial charge >= 0.3 is 0 Å². The van der Waals surface area contributed by atoms with E-state index in [0.29, 0.717) is 11.7 Å². The summed E-state index contributed by atoms with van der Waals surface area (Å²) in [6.07, 6.45) is 1.06. The molecule has 6 heteroatoms. The highest BCUT2D eigenvalue weighted by Crippen LogP contribution is 2.25. The molecule has 0 saturated carbocycles. The molecule has 0 spiro atoms. The average molecular weight is 298 g/mol. The first-order valence-electron chi connectivity index (χ1n) is 4.83. The minimum absolute atomic E-state index is 0.109. The second-order valence-electron chi connectivity index (χ2n) is 3.16. The quantitative estimate of drug-likeness (QED) is 0.945. The van der Waals surface area contributed by atoms with Crippen LogP contribution in [0.15, 0.2) is 34.9 Å². The number of halogens is 2. The van der Waals surface area contributed by atoms with Gasteiger partial charge in [-0.15, -0.1) is 0 Å². The van der Waals surface area contributed by atoms with Gasteiger partial charge in [-0.2, -0.15) is 9.37 Å². The van der Waals surface area contributed by atoms with Crippen molar-refractivity contribution in [2.75, 3.05) is 12.4 Å². The van der Waals surface area contributed by atoms with Gasteiger partial charge in [-0.3, -0.25) is 0 Å². The maximum atomic E-state index is 13.4. The van der Waals surface area contributed by atoms with E-state index < -0.39 is 5.82 Å². The predicted octanol–water partition coefficient (Wildman–Crippen LogP) is 3.21. The molecule has 0 radical (unpaired) electrons. The number of anilines is 1. The van der Waals surface area contributed by atoms with Crippen LogP contribution in [0.1, 0.15) is 0 Å². The Balaban J connectivity index is 2.29. The lowest BCUT2D eigenvalue weighted by molar-refractivity contribution is 0.420. The third-order valence-electron chi connectivity index (χ3n) is 1.95. The Morgan fingerprint density at radius 2 is 2.24 bits per heavy atom. The molecule has 0 aliphatic heterocycles. The van der Waals surface area contributed by atoms with Crippen LogP contribution in [0.3, 0.4) is 0 Å². The van der Waals surface area contributed by atoms with E-state index in [9.17, 15) is 4.39 Å². The molecule has 2 rings (SSSR count). The Bertz CT molecular complexity index is 536. The van der Waals surface area contributed by atoms with Crippen molar-refractivity contribution < 1.29 is 9.13 Å². The number of nitrogens with one attached hydrogen (secondary N) is 1. The second kappa shape index (κ2) is 5.09. The largest absolute Gasteiger partial charge is 0.436 e. The number of aromatic nitrogens is 2. The fraction of sp³-hybridized carbons (Fsp3) is 0.0909. The summed E-state index contributed by atoms with van der Waals surface area (Å²) in [5.41, 5.74) is 0. The van der Waals surface area contributed by atoms with Gasteiger partial charge in [0.15, 0.2) is 0 Å². The van der Waals surface area contributed by atoms with E-state index in [4.69, 9.17) is 4.74 Å². The summed E-state index contributed by atoms with van der Waals surface area (Å²) >= 11 is 3.30. The number of hydrogen-bond acceptors (Lipinski definition) is 4. The van der Waals surface area contributed by atoms with E-state index in [1.54, 1.807) is 25.2 Å². The average Bonchev–Trinajstić information content (AvgIpc) is 2.32. The van der Waals surface area contributed by atoms with Gasteiger partial charge in [0.25, 0.3) is 5.88 Å². The van der Waals surface area contributed by atoms with Crippen molar-refractivity contribution in [3.8, 4) is 11.6 Å². The lowest BCUT2D eigenvalue weighted by Crippen LogP contribution is -2.00. The Morgan fingerprint density at radius 1 is 1.41 bits per heavy atom. The highest BCUT2D eigenvalue weighted by molar-refractivity contribution is 9.10. The fourth-order valence-corrected chi connectivity index (χ4v) is 1.56. The standard InChI is InChI=1S/C11H9BrFN3O/c1-14-11-15-6-9(13)10(16-11)17-8-4-2-3-7(12)5-8/h2-6H,1H3,(H,14,15,16). The molecular formula is C11H9BrFN3O. The van der Waals surface area contributed by atoms with Crippen LogP contribution in [0, 0.1) is 5.82 Å². The first-order valence-corrected chi connectivity index (χ1v) is 5.62. The first kappa shape index (κ1) is 11.8. The maximum absolute atomic E-state index is 13.4. The van der Waals surface area contributed by atoms with Gasteiger partial charge in [-0.05, 0) is 18.2 Å². The van der Waals surface area contributed by atoms with Crippen LogP contribution >= 0.6 is 15.9 Å². The molecule has 0 bridgehead atoms. The summed E-state index contributed by atoms with van der Waals surface area (Å²) in [4.78, 5) is 7.61. The fourth-order valence-electron chi connectivity index (χ4n) is 1.19. The topological polar surface area (TPSA) is 47.0 Å². The molecule has 1 aromatic carbocycles. The van der Waals surface area contributed by atoms with Crippen molar-refractivity contribution in [3.05, 3.63) is 40.8 Å². The predicted molar refractivity (Wildman–Crippen MR) is 65.8 cm³/mol. The zero-order chi connectivity index (χ0) is 12.3. The van der Waals surface area contributed by atoms with Crippen molar-refractivity contribution in [1.82, 2.24) is 9.97 Å². The van der Waals surface area contributed by atoms with Crippen LogP contribution in [0.4, 0.5) is 10.3 Å². The summed E-state index contributed by atoms with van der Waals surface area (Å²) in [7, 11) is 1.65. The molecule has 1 aromatic heterocycles. The van der Waals surface area contributed by atoms with Gasteiger partial charge in [-0.1, -0.05) is 22.0 Å². The molecule has 0 fully saturated rings. The SMILES string of the molecule is CNc1ncc(F)c(Oc2cccc(Br)c2)n1. The zero-order valence-electron chi connectivity index (χ0n) is 8.95. The van der Waals surface area contributed by atoms with E-state index >= 15 is 0 Å². The molecular weight excluding hydrogens is 289 g/mol. The minimum Gasteiger partial charge on any atom is -0.436 e. The molecule has 1 N–H and O–H groups in total. The van der Waals surface area contributed by atoms with Crippen molar-refractivity contribution in [1.29, 1.82) is 0 Å². The lowest BCUT2D eigenvalue weighted by atomic mass is 10.3. The number of benzene rings is 1. The van der Waals surface area contributed by atoms with Crippen LogP contribution in [-0.4, -0.2) is 17.0 Å². The summed E-state index contributed by atoms with van der Waals surface area (Å²) in [5, 5.41) is 2.71. The molecule has 0 saturated heterocycles. The Labute approximate surface area is 106 Å². The van der Waals surface area contributed by atoms with Crippen molar-refractivity contribution in [2.24, 2.45) is 0 Å². The van der Waals surface area contributed by atoms with Crippen molar-refractivity contribution >= 4 is 21.9 Å². The van der Waals surface area contributed by atoms with E-state index in [1.165, 1.54) is 0 Å². The molecule has 0 aliphatic rings. The molecule has 0 aliphatic carbocycles. The number of rotatable bonds is 3. The summed E-state index contributed by atoms with van der Waals surface area (Å²) < 4.78 is 19.6. The number of nitrogens with zero attached hydrogens (tertiary/aromatic N) is 2. The molecule has 88 valence electrons. The number of ether oxygens (including phenoxy) is 1. The monoisotopic (exact) mass is 297 g/mol. The minimum atomic E-state index is -0.607. The lowest BCUT2D eigenvalue weighted by Gasteiger charge is -2.06. The highest BCUT2D eigenvalue weighted by atomic mass is 79.9. The van der Waals surface area contributed by atoms with Crippen LogP contribution in [-0.2, 0) is 0 Å².